The van der Waals surface area contributed by atoms with E-state index in [0.29, 0.717) is 33.7 Å². The Morgan fingerprint density at radius 2 is 1.72 bits per heavy atom. The fraction of sp³-hybridized carbons (Fsp3) is 0.150. The summed E-state index contributed by atoms with van der Waals surface area (Å²) >= 11 is 0. The predicted molar refractivity (Wildman–Crippen MR) is 112 cm³/mol. The van der Waals surface area contributed by atoms with Crippen molar-refractivity contribution in [1.82, 2.24) is 19.7 Å². The Labute approximate surface area is 164 Å². The molecule has 4 aromatic rings. The maximum Gasteiger partial charge on any atom is 0.323 e. The Morgan fingerprint density at radius 3 is 2.38 bits per heavy atom. The number of anilines is 1. The molecule has 2 heterocycles. The number of aromatic amines is 3. The second-order valence-electron chi connectivity index (χ2n) is 6.89. The third kappa shape index (κ3) is 3.38. The molecule has 0 fully saturated rings. The molecule has 3 N–H and O–H groups in total. The van der Waals surface area contributed by atoms with Gasteiger partial charge >= 0.3 is 5.69 Å². The SMILES string of the molecule is Cc1[nH]n(-c2ccc(F)cc2)c(=O)c1C=Nc1cc2[nH]c(=O)[nH]c2cc1N(C)C. The first kappa shape index (κ1) is 18.5. The van der Waals surface area contributed by atoms with Crippen LogP contribution in [0.1, 0.15) is 11.3 Å². The lowest BCUT2D eigenvalue weighted by atomic mass is 10.2. The van der Waals surface area contributed by atoms with E-state index in [9.17, 15) is 14.0 Å². The van der Waals surface area contributed by atoms with Crippen LogP contribution in [0.15, 0.2) is 51.0 Å². The molecule has 0 aliphatic rings. The molecular formula is C20H19FN6O2. The van der Waals surface area contributed by atoms with Crippen LogP contribution in [0.2, 0.25) is 0 Å². The van der Waals surface area contributed by atoms with Crippen molar-refractivity contribution in [1.29, 1.82) is 0 Å². The number of halogens is 1. The zero-order valence-corrected chi connectivity index (χ0v) is 16.1. The van der Waals surface area contributed by atoms with Gasteiger partial charge in [-0.1, -0.05) is 0 Å². The van der Waals surface area contributed by atoms with Gasteiger partial charge in [0.1, 0.15) is 5.82 Å². The van der Waals surface area contributed by atoms with E-state index in [1.54, 1.807) is 13.0 Å². The maximum atomic E-state index is 13.2. The molecular weight excluding hydrogens is 375 g/mol. The highest BCUT2D eigenvalue weighted by Crippen LogP contribution is 2.30. The van der Waals surface area contributed by atoms with Gasteiger partial charge in [0.2, 0.25) is 0 Å². The fourth-order valence-electron chi connectivity index (χ4n) is 3.14. The molecule has 9 heteroatoms. The molecule has 0 radical (unpaired) electrons. The Balaban J connectivity index is 1.78. The van der Waals surface area contributed by atoms with E-state index < -0.39 is 0 Å². The van der Waals surface area contributed by atoms with Gasteiger partial charge in [0.25, 0.3) is 5.56 Å². The van der Waals surface area contributed by atoms with Gasteiger partial charge in [-0.15, -0.1) is 0 Å². The number of fused-ring (bicyclic) bond motifs is 1. The molecule has 2 aromatic heterocycles. The normalized spacial score (nSPS) is 11.6. The summed E-state index contributed by atoms with van der Waals surface area (Å²) < 4.78 is 14.5. The third-order valence-electron chi connectivity index (χ3n) is 4.63. The molecule has 0 saturated carbocycles. The Kier molecular flexibility index (Phi) is 4.42. The quantitative estimate of drug-likeness (QED) is 0.464. The van der Waals surface area contributed by atoms with E-state index in [0.717, 1.165) is 5.69 Å². The fourth-order valence-corrected chi connectivity index (χ4v) is 3.14. The molecule has 29 heavy (non-hydrogen) atoms. The number of hydrogen-bond donors (Lipinski definition) is 3. The molecule has 0 amide bonds. The molecule has 0 atom stereocenters. The largest absolute Gasteiger partial charge is 0.376 e. The van der Waals surface area contributed by atoms with Crippen LogP contribution in [-0.2, 0) is 0 Å². The van der Waals surface area contributed by atoms with Crippen molar-refractivity contribution in [3.05, 3.63) is 74.3 Å². The minimum Gasteiger partial charge on any atom is -0.376 e. The molecule has 0 bridgehead atoms. The van der Waals surface area contributed by atoms with Crippen molar-refractivity contribution in [3.8, 4) is 5.69 Å². The van der Waals surface area contributed by atoms with Crippen molar-refractivity contribution >= 4 is 28.6 Å². The van der Waals surface area contributed by atoms with Crippen LogP contribution >= 0.6 is 0 Å². The van der Waals surface area contributed by atoms with Gasteiger partial charge in [-0.3, -0.25) is 14.9 Å². The molecule has 4 rings (SSSR count). The zero-order valence-electron chi connectivity index (χ0n) is 16.1. The van der Waals surface area contributed by atoms with Crippen LogP contribution in [-0.4, -0.2) is 40.1 Å². The summed E-state index contributed by atoms with van der Waals surface area (Å²) in [6, 6.07) is 9.20. The summed E-state index contributed by atoms with van der Waals surface area (Å²) in [4.78, 5) is 36.2. The van der Waals surface area contributed by atoms with Gasteiger partial charge in [-0.05, 0) is 43.3 Å². The molecule has 0 aliphatic heterocycles. The lowest BCUT2D eigenvalue weighted by Crippen LogP contribution is -2.17. The number of nitrogens with one attached hydrogen (secondary N) is 3. The van der Waals surface area contributed by atoms with Gasteiger partial charge < -0.3 is 14.9 Å². The summed E-state index contributed by atoms with van der Waals surface area (Å²) in [6.45, 7) is 1.77. The lowest BCUT2D eigenvalue weighted by Gasteiger charge is -2.15. The topological polar surface area (TPSA) is 102 Å². The summed E-state index contributed by atoms with van der Waals surface area (Å²) in [5, 5.41) is 2.98. The lowest BCUT2D eigenvalue weighted by molar-refractivity contribution is 0.627. The molecule has 0 aliphatic carbocycles. The molecule has 0 saturated heterocycles. The van der Waals surface area contributed by atoms with E-state index in [4.69, 9.17) is 0 Å². The van der Waals surface area contributed by atoms with Crippen LogP contribution < -0.4 is 16.1 Å². The minimum atomic E-state index is -0.374. The van der Waals surface area contributed by atoms with Crippen LogP contribution in [0.4, 0.5) is 15.8 Å². The average Bonchev–Trinajstić information content (AvgIpc) is 3.17. The smallest absolute Gasteiger partial charge is 0.323 e. The number of imidazole rings is 1. The number of benzene rings is 2. The molecule has 0 unspecified atom stereocenters. The summed E-state index contributed by atoms with van der Waals surface area (Å²) in [5.41, 5.74) is 3.65. The van der Waals surface area contributed by atoms with Gasteiger partial charge in [0.05, 0.1) is 33.7 Å². The number of aryl methyl sites for hydroxylation is 1. The molecule has 8 nitrogen and oxygen atoms in total. The highest BCUT2D eigenvalue weighted by molar-refractivity contribution is 5.90. The van der Waals surface area contributed by atoms with E-state index >= 15 is 0 Å². The second-order valence-corrected chi connectivity index (χ2v) is 6.89. The van der Waals surface area contributed by atoms with Crippen LogP contribution in [0, 0.1) is 12.7 Å². The first-order chi connectivity index (χ1) is 13.8. The average molecular weight is 394 g/mol. The first-order valence-corrected chi connectivity index (χ1v) is 8.88. The standard InChI is InChI=1S/C20H19FN6O2/c1-11-14(19(28)27(25-11)13-6-4-12(21)5-7-13)10-22-17-8-15-16(24-20(29)23-15)9-18(17)26(2)3/h4-10,25H,1-3H3,(H2,23,24,29). The van der Waals surface area contributed by atoms with Crippen molar-refractivity contribution < 1.29 is 4.39 Å². The van der Waals surface area contributed by atoms with E-state index in [1.165, 1.54) is 35.2 Å². The third-order valence-corrected chi connectivity index (χ3v) is 4.63. The molecule has 2 aromatic carbocycles. The molecule has 148 valence electrons. The van der Waals surface area contributed by atoms with Crippen molar-refractivity contribution in [3.63, 3.8) is 0 Å². The van der Waals surface area contributed by atoms with E-state index in [2.05, 4.69) is 20.1 Å². The highest BCUT2D eigenvalue weighted by atomic mass is 19.1. The summed E-state index contributed by atoms with van der Waals surface area (Å²) in [5.74, 6) is -0.374. The first-order valence-electron chi connectivity index (χ1n) is 8.88. The number of rotatable bonds is 4. The van der Waals surface area contributed by atoms with E-state index in [-0.39, 0.29) is 17.1 Å². The van der Waals surface area contributed by atoms with Crippen LogP contribution in [0.5, 0.6) is 0 Å². The Bertz CT molecular complexity index is 1340. The highest BCUT2D eigenvalue weighted by Gasteiger charge is 2.12. The van der Waals surface area contributed by atoms with E-state index in [1.807, 2.05) is 25.1 Å². The number of H-pyrrole nitrogens is 3. The Morgan fingerprint density at radius 1 is 1.07 bits per heavy atom. The van der Waals surface area contributed by atoms with Crippen LogP contribution in [0.25, 0.3) is 16.7 Å². The number of aliphatic imine (C=N–C) groups is 1. The monoisotopic (exact) mass is 394 g/mol. The summed E-state index contributed by atoms with van der Waals surface area (Å²) in [7, 11) is 3.74. The van der Waals surface area contributed by atoms with Crippen molar-refractivity contribution in [2.24, 2.45) is 4.99 Å². The zero-order chi connectivity index (χ0) is 20.7. The number of nitrogens with zero attached hydrogens (tertiary/aromatic N) is 3. The van der Waals surface area contributed by atoms with Gasteiger partial charge in [-0.2, -0.15) is 0 Å². The predicted octanol–water partition coefficient (Wildman–Crippen LogP) is 2.60. The maximum absolute atomic E-state index is 13.2. The van der Waals surface area contributed by atoms with Crippen LogP contribution in [0.3, 0.4) is 0 Å². The number of aromatic nitrogens is 4. The van der Waals surface area contributed by atoms with Gasteiger partial charge in [0, 0.05) is 26.0 Å². The van der Waals surface area contributed by atoms with Gasteiger partial charge in [-0.25, -0.2) is 13.9 Å². The van der Waals surface area contributed by atoms with Gasteiger partial charge in [0.15, 0.2) is 0 Å². The Hall–Kier alpha value is -3.88. The molecule has 0 spiro atoms. The van der Waals surface area contributed by atoms with Crippen molar-refractivity contribution in [2.45, 2.75) is 6.92 Å². The summed E-state index contributed by atoms with van der Waals surface area (Å²) in [6.07, 6.45) is 1.49. The second kappa shape index (κ2) is 6.93. The minimum absolute atomic E-state index is 0.291. The van der Waals surface area contributed by atoms with Crippen molar-refractivity contribution in [2.75, 3.05) is 19.0 Å². The number of hydrogen-bond acceptors (Lipinski definition) is 4.